The fraction of sp³-hybridized carbons (Fsp3) is 0.364. The van der Waals surface area contributed by atoms with Gasteiger partial charge in [0.05, 0.1) is 26.1 Å². The maximum atomic E-state index is 11.9. The number of carbonyl (C=O) groups is 2. The van der Waals surface area contributed by atoms with E-state index in [0.29, 0.717) is 13.2 Å². The van der Waals surface area contributed by atoms with Gasteiger partial charge in [0.1, 0.15) is 0 Å². The SMILES string of the molecule is CCOC(=O)CC(CC(=O)OCC)c1ccc(-c2ccc(C)cc2)cc1. The van der Waals surface area contributed by atoms with Crippen LogP contribution in [-0.4, -0.2) is 25.2 Å². The number of hydrogen-bond acceptors (Lipinski definition) is 4. The Bertz CT molecular complexity index is 697. The van der Waals surface area contributed by atoms with Gasteiger partial charge >= 0.3 is 11.9 Å². The number of esters is 2. The van der Waals surface area contributed by atoms with Gasteiger partial charge in [-0.05, 0) is 37.5 Å². The molecule has 0 aliphatic carbocycles. The fourth-order valence-corrected chi connectivity index (χ4v) is 2.84. The molecule has 138 valence electrons. The van der Waals surface area contributed by atoms with Crippen LogP contribution in [0.2, 0.25) is 0 Å². The molecule has 2 aromatic rings. The molecule has 0 aliphatic rings. The Balaban J connectivity index is 2.18. The van der Waals surface area contributed by atoms with Crippen molar-refractivity contribution >= 4 is 11.9 Å². The van der Waals surface area contributed by atoms with E-state index in [2.05, 4.69) is 31.2 Å². The Morgan fingerprint density at radius 2 is 1.19 bits per heavy atom. The molecule has 0 saturated carbocycles. The molecular formula is C22H26O4. The second-order valence-electron chi connectivity index (χ2n) is 6.20. The Morgan fingerprint density at radius 1 is 0.769 bits per heavy atom. The van der Waals surface area contributed by atoms with E-state index in [1.807, 2.05) is 24.3 Å². The molecule has 4 nitrogen and oxygen atoms in total. The molecule has 26 heavy (non-hydrogen) atoms. The van der Waals surface area contributed by atoms with E-state index in [9.17, 15) is 9.59 Å². The maximum absolute atomic E-state index is 11.9. The zero-order chi connectivity index (χ0) is 18.9. The van der Waals surface area contributed by atoms with Crippen LogP contribution < -0.4 is 0 Å². The smallest absolute Gasteiger partial charge is 0.306 e. The van der Waals surface area contributed by atoms with Crippen LogP contribution in [0.25, 0.3) is 11.1 Å². The van der Waals surface area contributed by atoms with Gasteiger partial charge in [0.2, 0.25) is 0 Å². The minimum absolute atomic E-state index is 0.163. The zero-order valence-corrected chi connectivity index (χ0v) is 15.7. The van der Waals surface area contributed by atoms with E-state index in [4.69, 9.17) is 9.47 Å². The van der Waals surface area contributed by atoms with Gasteiger partial charge in [-0.2, -0.15) is 0 Å². The first-order valence-corrected chi connectivity index (χ1v) is 9.01. The van der Waals surface area contributed by atoms with Crippen LogP contribution >= 0.6 is 0 Å². The minimum Gasteiger partial charge on any atom is -0.466 e. The van der Waals surface area contributed by atoms with Gasteiger partial charge in [0.25, 0.3) is 0 Å². The summed E-state index contributed by atoms with van der Waals surface area (Å²) in [5.74, 6) is -0.853. The molecule has 0 amide bonds. The number of aryl methyl sites for hydroxylation is 1. The van der Waals surface area contributed by atoms with E-state index in [1.165, 1.54) is 5.56 Å². The van der Waals surface area contributed by atoms with Crippen LogP contribution in [0, 0.1) is 6.92 Å². The van der Waals surface area contributed by atoms with Gasteiger partial charge in [-0.3, -0.25) is 9.59 Å². The molecule has 2 rings (SSSR count). The van der Waals surface area contributed by atoms with Crippen LogP contribution in [0.5, 0.6) is 0 Å². The van der Waals surface area contributed by atoms with Crippen molar-refractivity contribution in [3.8, 4) is 11.1 Å². The van der Waals surface area contributed by atoms with Gasteiger partial charge in [-0.25, -0.2) is 0 Å². The van der Waals surface area contributed by atoms with Crippen molar-refractivity contribution in [1.82, 2.24) is 0 Å². The second kappa shape index (κ2) is 9.76. The number of benzene rings is 2. The van der Waals surface area contributed by atoms with Crippen LogP contribution in [0.4, 0.5) is 0 Å². The Morgan fingerprint density at radius 3 is 1.62 bits per heavy atom. The van der Waals surface area contributed by atoms with Gasteiger partial charge in [-0.15, -0.1) is 0 Å². The molecule has 0 radical (unpaired) electrons. The molecule has 0 fully saturated rings. The summed E-state index contributed by atoms with van der Waals surface area (Å²) in [6.07, 6.45) is 0.326. The summed E-state index contributed by atoms with van der Waals surface area (Å²) in [7, 11) is 0. The van der Waals surface area contributed by atoms with Crippen molar-refractivity contribution in [3.05, 3.63) is 59.7 Å². The summed E-state index contributed by atoms with van der Waals surface area (Å²) in [6.45, 7) is 6.26. The van der Waals surface area contributed by atoms with Crippen molar-refractivity contribution in [3.63, 3.8) is 0 Å². The average molecular weight is 354 g/mol. The summed E-state index contributed by atoms with van der Waals surface area (Å²) in [5.41, 5.74) is 4.38. The minimum atomic E-state index is -0.301. The molecule has 4 heteroatoms. The highest BCUT2D eigenvalue weighted by molar-refractivity contribution is 5.75. The van der Waals surface area contributed by atoms with Crippen molar-refractivity contribution < 1.29 is 19.1 Å². The van der Waals surface area contributed by atoms with Crippen molar-refractivity contribution in [1.29, 1.82) is 0 Å². The Hall–Kier alpha value is -2.62. The van der Waals surface area contributed by atoms with Gasteiger partial charge in [0, 0.05) is 5.92 Å². The predicted octanol–water partition coefficient (Wildman–Crippen LogP) is 4.65. The summed E-state index contributed by atoms with van der Waals surface area (Å²) in [5, 5.41) is 0. The predicted molar refractivity (Wildman–Crippen MR) is 102 cm³/mol. The lowest BCUT2D eigenvalue weighted by molar-refractivity contribution is -0.145. The number of carbonyl (C=O) groups excluding carboxylic acids is 2. The molecule has 0 unspecified atom stereocenters. The lowest BCUT2D eigenvalue weighted by atomic mass is 9.91. The van der Waals surface area contributed by atoms with E-state index in [0.717, 1.165) is 16.7 Å². The first-order chi connectivity index (χ1) is 12.5. The third-order valence-corrected chi connectivity index (χ3v) is 4.20. The highest BCUT2D eigenvalue weighted by atomic mass is 16.5. The van der Waals surface area contributed by atoms with Gasteiger partial charge in [0.15, 0.2) is 0 Å². The summed E-state index contributed by atoms with van der Waals surface area (Å²) < 4.78 is 10.1. The fourth-order valence-electron chi connectivity index (χ4n) is 2.84. The average Bonchev–Trinajstić information content (AvgIpc) is 2.62. The number of rotatable bonds is 8. The van der Waals surface area contributed by atoms with Crippen LogP contribution in [-0.2, 0) is 19.1 Å². The van der Waals surface area contributed by atoms with Gasteiger partial charge < -0.3 is 9.47 Å². The lowest BCUT2D eigenvalue weighted by Crippen LogP contribution is -2.15. The summed E-state index contributed by atoms with van der Waals surface area (Å²) in [4.78, 5) is 23.8. The van der Waals surface area contributed by atoms with E-state index >= 15 is 0 Å². The topological polar surface area (TPSA) is 52.6 Å². The lowest BCUT2D eigenvalue weighted by Gasteiger charge is -2.16. The maximum Gasteiger partial charge on any atom is 0.306 e. The summed E-state index contributed by atoms with van der Waals surface area (Å²) in [6, 6.07) is 16.3. The standard InChI is InChI=1S/C22H26O4/c1-4-25-21(23)14-20(15-22(24)26-5-2)19-12-10-18(11-13-19)17-8-6-16(3)7-9-17/h6-13,20H,4-5,14-15H2,1-3H3. The highest BCUT2D eigenvalue weighted by Crippen LogP contribution is 2.28. The Kier molecular flexibility index (Phi) is 7.39. The first-order valence-electron chi connectivity index (χ1n) is 9.01. The normalized spacial score (nSPS) is 10.6. The van der Waals surface area contributed by atoms with Gasteiger partial charge in [-0.1, -0.05) is 54.1 Å². The van der Waals surface area contributed by atoms with Crippen molar-refractivity contribution in [2.45, 2.75) is 39.5 Å². The van der Waals surface area contributed by atoms with E-state index in [-0.39, 0.29) is 30.7 Å². The summed E-state index contributed by atoms with van der Waals surface area (Å²) >= 11 is 0. The van der Waals surface area contributed by atoms with Crippen molar-refractivity contribution in [2.75, 3.05) is 13.2 Å². The molecule has 0 saturated heterocycles. The van der Waals surface area contributed by atoms with Crippen LogP contribution in [0.15, 0.2) is 48.5 Å². The molecule has 0 N–H and O–H groups in total. The number of hydrogen-bond donors (Lipinski definition) is 0. The molecule has 0 heterocycles. The quantitative estimate of drug-likeness (QED) is 0.647. The molecule has 0 bridgehead atoms. The molecular weight excluding hydrogens is 328 g/mol. The van der Waals surface area contributed by atoms with E-state index < -0.39 is 0 Å². The molecule has 2 aromatic carbocycles. The van der Waals surface area contributed by atoms with Crippen molar-refractivity contribution in [2.24, 2.45) is 0 Å². The third-order valence-electron chi connectivity index (χ3n) is 4.20. The number of ether oxygens (including phenoxy) is 2. The Labute approximate surface area is 155 Å². The van der Waals surface area contributed by atoms with E-state index in [1.54, 1.807) is 13.8 Å². The molecule has 0 aliphatic heterocycles. The monoisotopic (exact) mass is 354 g/mol. The first kappa shape index (κ1) is 19.7. The zero-order valence-electron chi connectivity index (χ0n) is 15.7. The largest absolute Gasteiger partial charge is 0.466 e. The highest BCUT2D eigenvalue weighted by Gasteiger charge is 2.21. The molecule has 0 spiro atoms. The molecule has 0 atom stereocenters. The van der Waals surface area contributed by atoms with Crippen LogP contribution in [0.1, 0.15) is 43.7 Å². The second-order valence-corrected chi connectivity index (χ2v) is 6.20. The molecule has 0 aromatic heterocycles. The third kappa shape index (κ3) is 5.73. The van der Waals surface area contributed by atoms with Crippen LogP contribution in [0.3, 0.4) is 0 Å².